The van der Waals surface area contributed by atoms with E-state index in [1.165, 1.54) is 18.5 Å². The zero-order valence-electron chi connectivity index (χ0n) is 5.84. The molecule has 1 aliphatic rings. The van der Waals surface area contributed by atoms with Gasteiger partial charge in [0, 0.05) is 13.0 Å². The van der Waals surface area contributed by atoms with Crippen LogP contribution in [0.25, 0.3) is 0 Å². The first-order valence-electron chi connectivity index (χ1n) is 3.47. The molecule has 10 heavy (non-hydrogen) atoms. The van der Waals surface area contributed by atoms with Crippen LogP contribution in [0.2, 0.25) is 0 Å². The van der Waals surface area contributed by atoms with Crippen LogP contribution < -0.4 is 0 Å². The Balaban J connectivity index is 2.34. The van der Waals surface area contributed by atoms with E-state index in [-0.39, 0.29) is 0 Å². The Labute approximate surface area is 68.4 Å². The molecule has 1 aromatic rings. The lowest BCUT2D eigenvalue weighted by atomic mass is 10.3. The van der Waals surface area contributed by atoms with Crippen molar-refractivity contribution in [3.8, 4) is 0 Å². The van der Waals surface area contributed by atoms with Gasteiger partial charge in [0.25, 0.3) is 0 Å². The first kappa shape index (κ1) is 6.40. The molecule has 0 N–H and O–H groups in total. The normalized spacial score (nSPS) is 17.8. The van der Waals surface area contributed by atoms with E-state index in [1.807, 2.05) is 11.7 Å². The van der Waals surface area contributed by atoms with Crippen molar-refractivity contribution >= 4 is 15.9 Å². The van der Waals surface area contributed by atoms with Crippen molar-refractivity contribution < 1.29 is 0 Å². The number of hydrogen-bond acceptors (Lipinski definition) is 1. The molecule has 0 spiro atoms. The van der Waals surface area contributed by atoms with Gasteiger partial charge in [-0.2, -0.15) is 5.10 Å². The molecule has 3 heteroatoms. The minimum Gasteiger partial charge on any atom is -0.261 e. The highest BCUT2D eigenvalue weighted by atomic mass is 79.9. The molecule has 0 atom stereocenters. The molecule has 0 bridgehead atoms. The Morgan fingerprint density at radius 1 is 1.70 bits per heavy atom. The number of hydrogen-bond donors (Lipinski definition) is 0. The fourth-order valence-corrected chi connectivity index (χ4v) is 1.36. The van der Waals surface area contributed by atoms with Gasteiger partial charge in [-0.1, -0.05) is 0 Å². The summed E-state index contributed by atoms with van der Waals surface area (Å²) in [6.07, 6.45) is 2.65. The lowest BCUT2D eigenvalue weighted by Gasteiger charge is -1.87. The summed E-state index contributed by atoms with van der Waals surface area (Å²) in [6.45, 7) is 0. The second-order valence-corrected chi connectivity index (χ2v) is 3.60. The van der Waals surface area contributed by atoms with Crippen LogP contribution >= 0.6 is 15.9 Å². The quantitative estimate of drug-likeness (QED) is 0.679. The van der Waals surface area contributed by atoms with Gasteiger partial charge in [-0.15, -0.1) is 0 Å². The van der Waals surface area contributed by atoms with Crippen LogP contribution in [0.3, 0.4) is 0 Å². The maximum atomic E-state index is 4.34. The molecule has 0 aliphatic heterocycles. The summed E-state index contributed by atoms with van der Waals surface area (Å²) < 4.78 is 2.95. The average Bonchev–Trinajstić information content (AvgIpc) is 2.64. The Hall–Kier alpha value is -0.310. The van der Waals surface area contributed by atoms with Crippen molar-refractivity contribution in [2.45, 2.75) is 18.8 Å². The van der Waals surface area contributed by atoms with Gasteiger partial charge in [0.05, 0.1) is 5.69 Å². The van der Waals surface area contributed by atoms with E-state index in [1.54, 1.807) is 0 Å². The van der Waals surface area contributed by atoms with Crippen LogP contribution in [-0.2, 0) is 7.05 Å². The van der Waals surface area contributed by atoms with Gasteiger partial charge in [0.1, 0.15) is 4.60 Å². The second-order valence-electron chi connectivity index (χ2n) is 2.79. The van der Waals surface area contributed by atoms with Crippen LogP contribution in [-0.4, -0.2) is 9.78 Å². The predicted octanol–water partition coefficient (Wildman–Crippen LogP) is 2.06. The number of aromatic nitrogens is 2. The van der Waals surface area contributed by atoms with E-state index < -0.39 is 0 Å². The molecular weight excluding hydrogens is 192 g/mol. The highest BCUT2D eigenvalue weighted by Crippen LogP contribution is 2.39. The zero-order valence-corrected chi connectivity index (χ0v) is 7.43. The van der Waals surface area contributed by atoms with Crippen molar-refractivity contribution in [1.82, 2.24) is 9.78 Å². The van der Waals surface area contributed by atoms with Gasteiger partial charge in [-0.25, -0.2) is 0 Å². The molecule has 0 unspecified atom stereocenters. The largest absolute Gasteiger partial charge is 0.261 e. The molecule has 0 saturated heterocycles. The summed E-state index contributed by atoms with van der Waals surface area (Å²) in [5, 5.41) is 4.34. The molecule has 1 heterocycles. The van der Waals surface area contributed by atoms with Crippen LogP contribution in [0.15, 0.2) is 10.7 Å². The van der Waals surface area contributed by atoms with Gasteiger partial charge >= 0.3 is 0 Å². The van der Waals surface area contributed by atoms with Gasteiger partial charge in [-0.05, 0) is 34.8 Å². The molecule has 1 saturated carbocycles. The molecule has 0 aromatic carbocycles. The summed E-state index contributed by atoms with van der Waals surface area (Å²) in [5.74, 6) is 0.762. The minimum absolute atomic E-state index is 0.762. The summed E-state index contributed by atoms with van der Waals surface area (Å²) in [7, 11) is 1.95. The van der Waals surface area contributed by atoms with Gasteiger partial charge in [-0.3, -0.25) is 4.68 Å². The Morgan fingerprint density at radius 3 is 2.80 bits per heavy atom. The van der Waals surface area contributed by atoms with Gasteiger partial charge in [0.15, 0.2) is 0 Å². The lowest BCUT2D eigenvalue weighted by molar-refractivity contribution is 0.729. The number of halogens is 1. The SMILES string of the molecule is Cn1nc(C2CC2)cc1Br. The van der Waals surface area contributed by atoms with E-state index in [0.717, 1.165) is 10.5 Å². The highest BCUT2D eigenvalue weighted by Gasteiger charge is 2.26. The molecule has 0 radical (unpaired) electrons. The minimum atomic E-state index is 0.762. The first-order valence-corrected chi connectivity index (χ1v) is 4.26. The van der Waals surface area contributed by atoms with Crippen molar-refractivity contribution in [3.05, 3.63) is 16.4 Å². The fourth-order valence-electron chi connectivity index (χ4n) is 1.04. The maximum Gasteiger partial charge on any atom is 0.104 e. The monoisotopic (exact) mass is 200 g/mol. The van der Waals surface area contributed by atoms with E-state index >= 15 is 0 Å². The van der Waals surface area contributed by atoms with Crippen molar-refractivity contribution in [3.63, 3.8) is 0 Å². The third-order valence-corrected chi connectivity index (χ3v) is 2.58. The summed E-state index contributed by atoms with van der Waals surface area (Å²) in [6, 6.07) is 2.11. The van der Waals surface area contributed by atoms with E-state index in [2.05, 4.69) is 27.1 Å². The molecule has 2 rings (SSSR count). The smallest absolute Gasteiger partial charge is 0.104 e. The topological polar surface area (TPSA) is 17.8 Å². The average molecular weight is 201 g/mol. The first-order chi connectivity index (χ1) is 4.77. The van der Waals surface area contributed by atoms with Crippen LogP contribution in [0.1, 0.15) is 24.5 Å². The third-order valence-electron chi connectivity index (χ3n) is 1.84. The van der Waals surface area contributed by atoms with Crippen molar-refractivity contribution in [2.24, 2.45) is 7.05 Å². The number of nitrogens with zero attached hydrogens (tertiary/aromatic N) is 2. The van der Waals surface area contributed by atoms with E-state index in [9.17, 15) is 0 Å². The molecule has 0 amide bonds. The van der Waals surface area contributed by atoms with Crippen molar-refractivity contribution in [1.29, 1.82) is 0 Å². The maximum absolute atomic E-state index is 4.34. The Bertz CT molecular complexity index is 231. The van der Waals surface area contributed by atoms with Gasteiger partial charge < -0.3 is 0 Å². The molecule has 54 valence electrons. The molecular formula is C7H9BrN2. The summed E-state index contributed by atoms with van der Waals surface area (Å²) >= 11 is 3.41. The number of rotatable bonds is 1. The zero-order chi connectivity index (χ0) is 7.14. The molecule has 1 fully saturated rings. The molecule has 1 aliphatic carbocycles. The lowest BCUT2D eigenvalue weighted by Crippen LogP contribution is -1.90. The van der Waals surface area contributed by atoms with E-state index in [4.69, 9.17) is 0 Å². The summed E-state index contributed by atoms with van der Waals surface area (Å²) in [4.78, 5) is 0. The van der Waals surface area contributed by atoms with Gasteiger partial charge in [0.2, 0.25) is 0 Å². The predicted molar refractivity (Wildman–Crippen MR) is 42.9 cm³/mol. The Kier molecular flexibility index (Phi) is 1.34. The van der Waals surface area contributed by atoms with Crippen LogP contribution in [0, 0.1) is 0 Å². The Morgan fingerprint density at radius 2 is 2.40 bits per heavy atom. The van der Waals surface area contributed by atoms with Crippen molar-refractivity contribution in [2.75, 3.05) is 0 Å². The van der Waals surface area contributed by atoms with Crippen LogP contribution in [0.4, 0.5) is 0 Å². The summed E-state index contributed by atoms with van der Waals surface area (Å²) in [5.41, 5.74) is 1.24. The molecule has 2 nitrogen and oxygen atoms in total. The molecule has 1 aromatic heterocycles. The fraction of sp³-hybridized carbons (Fsp3) is 0.571. The third kappa shape index (κ3) is 0.985. The second kappa shape index (κ2) is 2.09. The highest BCUT2D eigenvalue weighted by molar-refractivity contribution is 9.10. The van der Waals surface area contributed by atoms with E-state index in [0.29, 0.717) is 0 Å². The number of aryl methyl sites for hydroxylation is 1. The van der Waals surface area contributed by atoms with Crippen LogP contribution in [0.5, 0.6) is 0 Å². The standard InChI is InChI=1S/C7H9BrN2/c1-10-7(8)4-6(9-10)5-2-3-5/h4-5H,2-3H2,1H3.